The predicted octanol–water partition coefficient (Wildman–Crippen LogP) is 1.46. The van der Waals surface area contributed by atoms with Gasteiger partial charge in [-0.3, -0.25) is 0 Å². The molecule has 1 aliphatic rings. The van der Waals surface area contributed by atoms with Crippen molar-refractivity contribution in [2.75, 3.05) is 23.9 Å². The Balaban J connectivity index is 2.04. The molecule has 0 atom stereocenters. The van der Waals surface area contributed by atoms with Crippen LogP contribution in [0.25, 0.3) is 0 Å². The lowest BCUT2D eigenvalue weighted by atomic mass is 9.90. The molecular formula is C13H23N5O. The molecule has 19 heavy (non-hydrogen) atoms. The number of nitrogens with two attached hydrogens (primary N) is 1. The lowest BCUT2D eigenvalue weighted by Gasteiger charge is -2.24. The van der Waals surface area contributed by atoms with Gasteiger partial charge in [-0.25, -0.2) is 15.8 Å². The number of nitrogens with zero attached hydrogens (tertiary/aromatic N) is 2. The van der Waals surface area contributed by atoms with E-state index in [-0.39, 0.29) is 12.0 Å². The maximum atomic E-state index is 9.03. The van der Waals surface area contributed by atoms with Crippen LogP contribution in [-0.2, 0) is 0 Å². The van der Waals surface area contributed by atoms with Crippen molar-refractivity contribution in [3.05, 3.63) is 11.9 Å². The van der Waals surface area contributed by atoms with Crippen LogP contribution in [0.15, 0.2) is 6.07 Å². The highest BCUT2D eigenvalue weighted by molar-refractivity contribution is 5.47. The van der Waals surface area contributed by atoms with E-state index in [1.807, 2.05) is 0 Å². The smallest absolute Gasteiger partial charge is 0.145 e. The van der Waals surface area contributed by atoms with Crippen LogP contribution in [0.2, 0.25) is 0 Å². The first kappa shape index (κ1) is 14.0. The summed E-state index contributed by atoms with van der Waals surface area (Å²) in [7, 11) is 0. The van der Waals surface area contributed by atoms with E-state index in [4.69, 9.17) is 10.9 Å². The molecule has 0 bridgehead atoms. The molecule has 1 aromatic heterocycles. The van der Waals surface area contributed by atoms with Crippen molar-refractivity contribution in [2.24, 2.45) is 11.3 Å². The van der Waals surface area contributed by atoms with Gasteiger partial charge in [0, 0.05) is 25.1 Å². The second-order valence-electron chi connectivity index (χ2n) is 5.91. The van der Waals surface area contributed by atoms with Crippen LogP contribution >= 0.6 is 0 Å². The zero-order chi connectivity index (χ0) is 13.9. The summed E-state index contributed by atoms with van der Waals surface area (Å²) in [6.45, 7) is 5.17. The first-order valence-corrected chi connectivity index (χ1v) is 6.74. The van der Waals surface area contributed by atoms with Gasteiger partial charge in [0.25, 0.3) is 0 Å². The lowest BCUT2D eigenvalue weighted by Crippen LogP contribution is -2.25. The molecule has 106 valence electrons. The van der Waals surface area contributed by atoms with Crippen molar-refractivity contribution in [1.29, 1.82) is 0 Å². The number of nitrogens with one attached hydrogen (secondary N) is 2. The Bertz CT molecular complexity index is 431. The minimum atomic E-state index is 0.0236. The van der Waals surface area contributed by atoms with Crippen LogP contribution in [-0.4, -0.2) is 28.2 Å². The highest BCUT2D eigenvalue weighted by Gasteiger charge is 2.27. The maximum Gasteiger partial charge on any atom is 0.145 e. The van der Waals surface area contributed by atoms with Crippen molar-refractivity contribution >= 4 is 11.6 Å². The molecule has 0 unspecified atom stereocenters. The summed E-state index contributed by atoms with van der Waals surface area (Å²) in [4.78, 5) is 8.89. The van der Waals surface area contributed by atoms with Gasteiger partial charge in [0.2, 0.25) is 0 Å². The molecule has 2 rings (SSSR count). The molecule has 0 aromatic carbocycles. The van der Waals surface area contributed by atoms with Crippen LogP contribution in [0, 0.1) is 5.41 Å². The van der Waals surface area contributed by atoms with Crippen LogP contribution in [0.1, 0.15) is 44.9 Å². The van der Waals surface area contributed by atoms with Gasteiger partial charge in [0.15, 0.2) is 0 Å². The number of hydrazine groups is 1. The summed E-state index contributed by atoms with van der Waals surface area (Å²) in [5, 5.41) is 12.3. The Kier molecular flexibility index (Phi) is 4.21. The lowest BCUT2D eigenvalue weighted by molar-refractivity contribution is 0.220. The summed E-state index contributed by atoms with van der Waals surface area (Å²) in [5.41, 5.74) is 2.61. The van der Waals surface area contributed by atoms with Gasteiger partial charge in [0.05, 0.1) is 0 Å². The normalized spacial score (nSPS) is 15.4. The van der Waals surface area contributed by atoms with Gasteiger partial charge in [-0.1, -0.05) is 13.8 Å². The van der Waals surface area contributed by atoms with E-state index in [1.165, 1.54) is 0 Å². The Labute approximate surface area is 113 Å². The first-order chi connectivity index (χ1) is 9.04. The second-order valence-corrected chi connectivity index (χ2v) is 5.91. The SMILES string of the molecule is CC(C)(CCO)CNc1cc(NN)nc(C2CC2)n1. The number of anilines is 2. The topological polar surface area (TPSA) is 96.1 Å². The highest BCUT2D eigenvalue weighted by Crippen LogP contribution is 2.38. The standard InChI is InChI=1S/C13H23N5O/c1-13(2,5-6-19)8-15-10-7-11(18-14)17-12(16-10)9-3-4-9/h7,9,19H,3-6,8,14H2,1-2H3,(H2,15,16,17,18). The summed E-state index contributed by atoms with van der Waals surface area (Å²) in [5.74, 6) is 8.21. The minimum Gasteiger partial charge on any atom is -0.396 e. The molecule has 0 spiro atoms. The molecule has 0 saturated heterocycles. The number of aliphatic hydroxyl groups is 1. The van der Waals surface area contributed by atoms with Crippen molar-refractivity contribution in [3.63, 3.8) is 0 Å². The number of aliphatic hydroxyl groups excluding tert-OH is 1. The van der Waals surface area contributed by atoms with Gasteiger partial charge < -0.3 is 15.8 Å². The monoisotopic (exact) mass is 265 g/mol. The Morgan fingerprint density at radius 2 is 2.05 bits per heavy atom. The quantitative estimate of drug-likeness (QED) is 0.440. The van der Waals surface area contributed by atoms with Crippen molar-refractivity contribution < 1.29 is 5.11 Å². The van der Waals surface area contributed by atoms with E-state index < -0.39 is 0 Å². The summed E-state index contributed by atoms with van der Waals surface area (Å²) in [6.07, 6.45) is 3.06. The molecule has 5 N–H and O–H groups in total. The van der Waals surface area contributed by atoms with Gasteiger partial charge in [-0.05, 0) is 24.7 Å². The third-order valence-electron chi connectivity index (χ3n) is 3.37. The Morgan fingerprint density at radius 1 is 1.37 bits per heavy atom. The fourth-order valence-corrected chi connectivity index (χ4v) is 1.88. The fourth-order valence-electron chi connectivity index (χ4n) is 1.88. The summed E-state index contributed by atoms with van der Waals surface area (Å²) < 4.78 is 0. The number of hydrogen-bond donors (Lipinski definition) is 4. The van der Waals surface area contributed by atoms with E-state index in [1.54, 1.807) is 6.07 Å². The highest BCUT2D eigenvalue weighted by atomic mass is 16.3. The fraction of sp³-hybridized carbons (Fsp3) is 0.692. The van der Waals surface area contributed by atoms with E-state index in [0.717, 1.165) is 37.4 Å². The molecule has 1 saturated carbocycles. The molecule has 0 aliphatic heterocycles. The van der Waals surface area contributed by atoms with Gasteiger partial charge in [-0.2, -0.15) is 0 Å². The van der Waals surface area contributed by atoms with E-state index >= 15 is 0 Å². The van der Waals surface area contributed by atoms with E-state index in [0.29, 0.717) is 11.7 Å². The predicted molar refractivity (Wildman–Crippen MR) is 75.8 cm³/mol. The third kappa shape index (κ3) is 4.04. The average Bonchev–Trinajstić information content (AvgIpc) is 3.20. The van der Waals surface area contributed by atoms with Crippen molar-refractivity contribution in [2.45, 2.75) is 39.0 Å². The minimum absolute atomic E-state index is 0.0236. The van der Waals surface area contributed by atoms with Crippen molar-refractivity contribution in [1.82, 2.24) is 9.97 Å². The molecule has 1 aliphatic carbocycles. The molecule has 0 radical (unpaired) electrons. The molecule has 1 aromatic rings. The number of rotatable bonds is 7. The van der Waals surface area contributed by atoms with Gasteiger partial charge >= 0.3 is 0 Å². The second kappa shape index (κ2) is 5.71. The first-order valence-electron chi connectivity index (χ1n) is 6.74. The van der Waals surface area contributed by atoms with E-state index in [9.17, 15) is 0 Å². The summed E-state index contributed by atoms with van der Waals surface area (Å²) >= 11 is 0. The largest absolute Gasteiger partial charge is 0.396 e. The number of hydrogen-bond acceptors (Lipinski definition) is 6. The zero-order valence-corrected chi connectivity index (χ0v) is 11.6. The van der Waals surface area contributed by atoms with Gasteiger partial charge in [-0.15, -0.1) is 0 Å². The van der Waals surface area contributed by atoms with Crippen LogP contribution in [0.4, 0.5) is 11.6 Å². The molecule has 6 heteroatoms. The van der Waals surface area contributed by atoms with E-state index in [2.05, 4.69) is 34.6 Å². The molecule has 6 nitrogen and oxygen atoms in total. The summed E-state index contributed by atoms with van der Waals surface area (Å²) in [6, 6.07) is 1.81. The van der Waals surface area contributed by atoms with Crippen LogP contribution < -0.4 is 16.6 Å². The Hall–Kier alpha value is -1.40. The van der Waals surface area contributed by atoms with Gasteiger partial charge in [0.1, 0.15) is 17.5 Å². The average molecular weight is 265 g/mol. The van der Waals surface area contributed by atoms with Crippen LogP contribution in [0.5, 0.6) is 0 Å². The zero-order valence-electron chi connectivity index (χ0n) is 11.6. The molecule has 1 fully saturated rings. The number of nitrogen functional groups attached to an aromatic ring is 1. The van der Waals surface area contributed by atoms with Crippen molar-refractivity contribution in [3.8, 4) is 0 Å². The Morgan fingerprint density at radius 3 is 2.63 bits per heavy atom. The molecule has 0 amide bonds. The maximum absolute atomic E-state index is 9.03. The molecule has 1 heterocycles. The third-order valence-corrected chi connectivity index (χ3v) is 3.37. The molecular weight excluding hydrogens is 242 g/mol. The number of aromatic nitrogens is 2. The van der Waals surface area contributed by atoms with Crippen LogP contribution in [0.3, 0.4) is 0 Å².